The first-order valence-corrected chi connectivity index (χ1v) is 10.1. The molecule has 1 aliphatic heterocycles. The maximum absolute atomic E-state index is 12.3. The lowest BCUT2D eigenvalue weighted by Gasteiger charge is -2.42. The van der Waals surface area contributed by atoms with E-state index in [1.807, 2.05) is 6.92 Å². The van der Waals surface area contributed by atoms with Gasteiger partial charge in [0.1, 0.15) is 11.7 Å². The Morgan fingerprint density at radius 2 is 1.93 bits per heavy atom. The number of carbonyl (C=O) groups excluding carboxylic acids is 3. The molecule has 0 amide bonds. The van der Waals surface area contributed by atoms with Crippen molar-refractivity contribution in [3.8, 4) is 0 Å². The molecule has 28 heavy (non-hydrogen) atoms. The molecular weight excluding hydrogens is 362 g/mol. The highest BCUT2D eigenvalue weighted by atomic mass is 16.5. The van der Waals surface area contributed by atoms with Crippen molar-refractivity contribution < 1.29 is 23.9 Å². The summed E-state index contributed by atoms with van der Waals surface area (Å²) in [5, 5.41) is 3.33. The lowest BCUT2D eigenvalue weighted by molar-refractivity contribution is -0.147. The SMILES string of the molecule is CCOC(=O)C(=O)c1cncn1C[C@H]1CC[C@H]2CN[C@H](C(=O)OCC)C[C@H]2C1. The summed E-state index contributed by atoms with van der Waals surface area (Å²) < 4.78 is 11.7. The van der Waals surface area contributed by atoms with Crippen molar-refractivity contribution in [1.82, 2.24) is 14.9 Å². The highest BCUT2D eigenvalue weighted by molar-refractivity contribution is 6.40. The van der Waals surface area contributed by atoms with Gasteiger partial charge in [-0.2, -0.15) is 0 Å². The minimum absolute atomic E-state index is 0.167. The van der Waals surface area contributed by atoms with E-state index in [2.05, 4.69) is 10.3 Å². The van der Waals surface area contributed by atoms with Crippen LogP contribution in [0.4, 0.5) is 0 Å². The zero-order chi connectivity index (χ0) is 20.1. The average Bonchev–Trinajstić information content (AvgIpc) is 3.15. The highest BCUT2D eigenvalue weighted by Crippen LogP contribution is 2.39. The minimum atomic E-state index is -0.844. The van der Waals surface area contributed by atoms with Gasteiger partial charge in [0.2, 0.25) is 0 Å². The maximum atomic E-state index is 12.3. The first-order chi connectivity index (χ1) is 13.5. The molecule has 0 spiro atoms. The van der Waals surface area contributed by atoms with Gasteiger partial charge in [0.25, 0.3) is 5.78 Å². The summed E-state index contributed by atoms with van der Waals surface area (Å²) in [4.78, 5) is 40.2. The highest BCUT2D eigenvalue weighted by Gasteiger charge is 2.38. The number of hydrogen-bond donors (Lipinski definition) is 1. The molecule has 1 saturated carbocycles. The van der Waals surface area contributed by atoms with E-state index in [1.165, 1.54) is 6.20 Å². The molecule has 1 N–H and O–H groups in total. The summed E-state index contributed by atoms with van der Waals surface area (Å²) in [6.45, 7) is 5.54. The standard InChI is InChI=1S/C20H29N3O5/c1-3-27-19(25)16-8-15-7-13(5-6-14(15)9-22-16)11-23-12-21-10-17(23)18(24)20(26)28-4-2/h10,12-16,22H,3-9,11H2,1-2H3/t13-,14-,15+,16-/m0/s1. The number of nitrogens with zero attached hydrogens (tertiary/aromatic N) is 2. The summed E-state index contributed by atoms with van der Waals surface area (Å²) in [5.74, 6) is -0.251. The molecule has 1 aliphatic carbocycles. The Kier molecular flexibility index (Phi) is 6.83. The van der Waals surface area contributed by atoms with Gasteiger partial charge < -0.3 is 19.4 Å². The Labute approximate surface area is 165 Å². The van der Waals surface area contributed by atoms with E-state index in [-0.39, 0.29) is 24.3 Å². The Balaban J connectivity index is 1.61. The Bertz CT molecular complexity index is 716. The summed E-state index contributed by atoms with van der Waals surface area (Å²) in [6, 6.07) is -0.228. The third kappa shape index (κ3) is 4.60. The fourth-order valence-corrected chi connectivity index (χ4v) is 4.48. The number of ketones is 1. The van der Waals surface area contributed by atoms with Gasteiger partial charge in [-0.15, -0.1) is 0 Å². The molecule has 0 unspecified atom stereocenters. The van der Waals surface area contributed by atoms with Gasteiger partial charge in [-0.25, -0.2) is 9.78 Å². The molecule has 2 fully saturated rings. The number of ether oxygens (including phenoxy) is 2. The summed E-state index contributed by atoms with van der Waals surface area (Å²) in [5.41, 5.74) is 0.273. The first-order valence-electron chi connectivity index (χ1n) is 10.1. The van der Waals surface area contributed by atoms with Crippen LogP contribution in [-0.4, -0.2) is 53.1 Å². The van der Waals surface area contributed by atoms with Crippen LogP contribution in [0.15, 0.2) is 12.5 Å². The molecular formula is C20H29N3O5. The molecule has 3 rings (SSSR count). The van der Waals surface area contributed by atoms with Gasteiger partial charge in [0.15, 0.2) is 0 Å². The van der Waals surface area contributed by atoms with E-state index < -0.39 is 11.8 Å². The average molecular weight is 391 g/mol. The van der Waals surface area contributed by atoms with Crippen LogP contribution in [0.2, 0.25) is 0 Å². The van der Waals surface area contributed by atoms with Gasteiger partial charge >= 0.3 is 11.9 Å². The number of aromatic nitrogens is 2. The Morgan fingerprint density at radius 3 is 2.68 bits per heavy atom. The topological polar surface area (TPSA) is 99.5 Å². The summed E-state index contributed by atoms with van der Waals surface area (Å²) >= 11 is 0. The Hall–Kier alpha value is -2.22. The molecule has 1 aromatic rings. The van der Waals surface area contributed by atoms with Crippen molar-refractivity contribution in [2.45, 2.75) is 52.1 Å². The molecule has 4 atom stereocenters. The molecule has 1 saturated heterocycles. The summed E-state index contributed by atoms with van der Waals surface area (Å²) in [6.07, 6.45) is 6.95. The van der Waals surface area contributed by atoms with Crippen LogP contribution in [0.5, 0.6) is 0 Å². The number of carbonyl (C=O) groups is 3. The second-order valence-corrected chi connectivity index (χ2v) is 7.63. The van der Waals surface area contributed by atoms with Gasteiger partial charge in [-0.1, -0.05) is 0 Å². The maximum Gasteiger partial charge on any atom is 0.381 e. The van der Waals surface area contributed by atoms with E-state index in [4.69, 9.17) is 9.47 Å². The number of Topliss-reactive ketones (excluding diaryl/α,β-unsaturated/α-hetero) is 1. The fourth-order valence-electron chi connectivity index (χ4n) is 4.48. The Morgan fingerprint density at radius 1 is 1.14 bits per heavy atom. The van der Waals surface area contributed by atoms with E-state index in [0.717, 1.165) is 32.2 Å². The van der Waals surface area contributed by atoms with Crippen LogP contribution in [0.25, 0.3) is 0 Å². The molecule has 0 bridgehead atoms. The van der Waals surface area contributed by atoms with Gasteiger partial charge in [-0.3, -0.25) is 9.59 Å². The van der Waals surface area contributed by atoms with Gasteiger partial charge in [0, 0.05) is 6.54 Å². The second-order valence-electron chi connectivity index (χ2n) is 7.63. The van der Waals surface area contributed by atoms with Crippen molar-refractivity contribution in [2.75, 3.05) is 19.8 Å². The number of hydrogen-bond acceptors (Lipinski definition) is 7. The lowest BCUT2D eigenvalue weighted by Crippen LogP contribution is -2.50. The number of esters is 2. The molecule has 2 aliphatic rings. The third-order valence-corrected chi connectivity index (χ3v) is 5.85. The zero-order valence-electron chi connectivity index (χ0n) is 16.6. The molecule has 2 heterocycles. The smallest absolute Gasteiger partial charge is 0.381 e. The number of nitrogens with one attached hydrogen (secondary N) is 1. The quantitative estimate of drug-likeness (QED) is 0.428. The zero-order valence-corrected chi connectivity index (χ0v) is 16.6. The van der Waals surface area contributed by atoms with Crippen LogP contribution in [0, 0.1) is 17.8 Å². The predicted molar refractivity (Wildman–Crippen MR) is 101 cm³/mol. The lowest BCUT2D eigenvalue weighted by atomic mass is 9.69. The molecule has 154 valence electrons. The predicted octanol–water partition coefficient (Wildman–Crippen LogP) is 1.59. The summed E-state index contributed by atoms with van der Waals surface area (Å²) in [7, 11) is 0. The second kappa shape index (κ2) is 9.32. The van der Waals surface area contributed by atoms with Crippen LogP contribution < -0.4 is 5.32 Å². The van der Waals surface area contributed by atoms with E-state index in [1.54, 1.807) is 17.8 Å². The van der Waals surface area contributed by atoms with Gasteiger partial charge in [-0.05, 0) is 63.8 Å². The van der Waals surface area contributed by atoms with Gasteiger partial charge in [0.05, 0.1) is 25.7 Å². The first kappa shape index (κ1) is 20.5. The molecule has 1 aromatic heterocycles. The van der Waals surface area contributed by atoms with Crippen molar-refractivity contribution in [3.63, 3.8) is 0 Å². The van der Waals surface area contributed by atoms with Crippen LogP contribution in [0.1, 0.15) is 50.0 Å². The van der Waals surface area contributed by atoms with Crippen LogP contribution >= 0.6 is 0 Å². The number of piperidine rings is 1. The van der Waals surface area contributed by atoms with Crippen molar-refractivity contribution in [3.05, 3.63) is 18.2 Å². The van der Waals surface area contributed by atoms with Crippen LogP contribution in [0.3, 0.4) is 0 Å². The van der Waals surface area contributed by atoms with E-state index in [0.29, 0.717) is 30.9 Å². The number of imidazole rings is 1. The number of rotatable bonds is 7. The fraction of sp³-hybridized carbons (Fsp3) is 0.700. The van der Waals surface area contributed by atoms with Crippen LogP contribution in [-0.2, 0) is 25.6 Å². The third-order valence-electron chi connectivity index (χ3n) is 5.85. The minimum Gasteiger partial charge on any atom is -0.465 e. The normalized spacial score (nSPS) is 26.9. The number of fused-ring (bicyclic) bond motifs is 1. The molecule has 8 heteroatoms. The molecule has 8 nitrogen and oxygen atoms in total. The van der Waals surface area contributed by atoms with Crippen molar-refractivity contribution >= 4 is 17.7 Å². The molecule has 0 aromatic carbocycles. The monoisotopic (exact) mass is 391 g/mol. The van der Waals surface area contributed by atoms with Crippen molar-refractivity contribution in [1.29, 1.82) is 0 Å². The van der Waals surface area contributed by atoms with E-state index in [9.17, 15) is 14.4 Å². The van der Waals surface area contributed by atoms with Crippen molar-refractivity contribution in [2.24, 2.45) is 17.8 Å². The largest absolute Gasteiger partial charge is 0.465 e. The van der Waals surface area contributed by atoms with E-state index >= 15 is 0 Å². The molecule has 0 radical (unpaired) electrons.